The van der Waals surface area contributed by atoms with Crippen LogP contribution in [0.3, 0.4) is 0 Å². The Bertz CT molecular complexity index is 1020. The lowest BCUT2D eigenvalue weighted by Crippen LogP contribution is -2.33. The van der Waals surface area contributed by atoms with Crippen molar-refractivity contribution < 1.29 is 9.59 Å². The molecule has 3 N–H and O–H groups in total. The van der Waals surface area contributed by atoms with Gasteiger partial charge in [-0.15, -0.1) is 0 Å². The number of fused-ring (bicyclic) bond motifs is 2. The third-order valence-corrected chi connectivity index (χ3v) is 6.16. The summed E-state index contributed by atoms with van der Waals surface area (Å²) in [6, 6.07) is 15.5. The molecule has 3 aromatic rings. The van der Waals surface area contributed by atoms with E-state index in [1.54, 1.807) is 11.8 Å². The lowest BCUT2D eigenvalue weighted by molar-refractivity contribution is -0.123. The number of imidazole rings is 1. The average molecular weight is 423 g/mol. The minimum Gasteiger partial charge on any atom is -0.346 e. The molecule has 0 aliphatic carbocycles. The van der Waals surface area contributed by atoms with Crippen molar-refractivity contribution >= 4 is 40.3 Å². The van der Waals surface area contributed by atoms with Crippen molar-refractivity contribution in [2.45, 2.75) is 31.7 Å². The first kappa shape index (κ1) is 20.5. The molecule has 2 amide bonds. The van der Waals surface area contributed by atoms with E-state index in [2.05, 4.69) is 26.9 Å². The fourth-order valence-electron chi connectivity index (χ4n) is 3.87. The summed E-state index contributed by atoms with van der Waals surface area (Å²) in [5, 5.41) is 6.08. The number of nitrogens with one attached hydrogen (secondary N) is 3. The topological polar surface area (TPSA) is 86.9 Å². The summed E-state index contributed by atoms with van der Waals surface area (Å²) in [6.07, 6.45) is 4.37. The molecule has 1 aliphatic heterocycles. The Morgan fingerprint density at radius 2 is 2.03 bits per heavy atom. The van der Waals surface area contributed by atoms with Gasteiger partial charge in [-0.3, -0.25) is 9.59 Å². The van der Waals surface area contributed by atoms with Crippen LogP contribution < -0.4 is 10.6 Å². The average Bonchev–Trinajstić information content (AvgIpc) is 3.19. The normalized spacial score (nSPS) is 16.7. The molecule has 1 aliphatic rings. The van der Waals surface area contributed by atoms with Gasteiger partial charge in [0.2, 0.25) is 11.8 Å². The molecule has 156 valence electrons. The summed E-state index contributed by atoms with van der Waals surface area (Å²) >= 11 is 1.74. The third-order valence-electron chi connectivity index (χ3n) is 5.52. The van der Waals surface area contributed by atoms with E-state index < -0.39 is 0 Å². The molecule has 7 heteroatoms. The predicted octanol–water partition coefficient (Wildman–Crippen LogP) is 4.06. The maximum absolute atomic E-state index is 12.7. The number of aromatic amines is 1. The van der Waals surface area contributed by atoms with Crippen LogP contribution in [0.5, 0.6) is 0 Å². The molecule has 6 nitrogen and oxygen atoms in total. The largest absolute Gasteiger partial charge is 0.346 e. The number of carbonyl (C=O) groups excluding carboxylic acids is 2. The van der Waals surface area contributed by atoms with Crippen molar-refractivity contribution in [1.29, 1.82) is 0 Å². The van der Waals surface area contributed by atoms with E-state index in [-0.39, 0.29) is 23.8 Å². The van der Waals surface area contributed by atoms with Gasteiger partial charge in [0.15, 0.2) is 0 Å². The fourth-order valence-corrected chi connectivity index (χ4v) is 4.34. The van der Waals surface area contributed by atoms with Gasteiger partial charge in [0.25, 0.3) is 0 Å². The van der Waals surface area contributed by atoms with Crippen LogP contribution in [0.2, 0.25) is 0 Å². The number of hydrogen-bond donors (Lipinski definition) is 3. The molecule has 30 heavy (non-hydrogen) atoms. The van der Waals surface area contributed by atoms with Crippen LogP contribution in [0.1, 0.15) is 36.7 Å². The molecule has 2 heterocycles. The first-order valence-electron chi connectivity index (χ1n) is 10.3. The highest BCUT2D eigenvalue weighted by Gasteiger charge is 2.27. The Kier molecular flexibility index (Phi) is 6.38. The lowest BCUT2D eigenvalue weighted by atomic mass is 9.89. The van der Waals surface area contributed by atoms with Crippen molar-refractivity contribution in [1.82, 2.24) is 15.3 Å². The number of rotatable bonds is 8. The van der Waals surface area contributed by atoms with Crippen LogP contribution in [0, 0.1) is 5.92 Å². The zero-order chi connectivity index (χ0) is 20.9. The molecule has 0 saturated carbocycles. The van der Waals surface area contributed by atoms with Crippen molar-refractivity contribution in [2.24, 2.45) is 5.92 Å². The highest BCUT2D eigenvalue weighted by molar-refractivity contribution is 7.98. The molecule has 4 rings (SSSR count). The summed E-state index contributed by atoms with van der Waals surface area (Å²) in [4.78, 5) is 33.1. The first-order chi connectivity index (χ1) is 14.6. The molecule has 0 radical (unpaired) electrons. The molecule has 1 aromatic heterocycles. The maximum atomic E-state index is 12.7. The number of amides is 2. The van der Waals surface area contributed by atoms with E-state index in [4.69, 9.17) is 0 Å². The van der Waals surface area contributed by atoms with E-state index in [1.165, 1.54) is 0 Å². The van der Waals surface area contributed by atoms with Gasteiger partial charge in [0.1, 0.15) is 5.82 Å². The van der Waals surface area contributed by atoms with Crippen LogP contribution in [0.25, 0.3) is 11.0 Å². The monoisotopic (exact) mass is 422 g/mol. The van der Waals surface area contributed by atoms with Gasteiger partial charge in [0, 0.05) is 18.0 Å². The molecular weight excluding hydrogens is 396 g/mol. The Balaban J connectivity index is 1.38. The zero-order valence-electron chi connectivity index (χ0n) is 17.0. The Morgan fingerprint density at radius 3 is 2.87 bits per heavy atom. The van der Waals surface area contributed by atoms with Crippen molar-refractivity contribution in [3.8, 4) is 0 Å². The number of aromatic nitrogens is 2. The van der Waals surface area contributed by atoms with Gasteiger partial charge in [-0.1, -0.05) is 30.3 Å². The van der Waals surface area contributed by atoms with Crippen molar-refractivity contribution in [2.75, 3.05) is 17.3 Å². The molecular formula is C23H26N4O2S. The van der Waals surface area contributed by atoms with Gasteiger partial charge >= 0.3 is 0 Å². The number of hydrogen-bond acceptors (Lipinski definition) is 4. The number of nitrogens with zero attached hydrogens (tertiary/aromatic N) is 1. The summed E-state index contributed by atoms with van der Waals surface area (Å²) in [6.45, 7) is 0. The van der Waals surface area contributed by atoms with E-state index in [0.717, 1.165) is 40.3 Å². The maximum Gasteiger partial charge on any atom is 0.227 e. The quantitative estimate of drug-likeness (QED) is 0.511. The van der Waals surface area contributed by atoms with E-state index >= 15 is 0 Å². The van der Waals surface area contributed by atoms with Gasteiger partial charge in [-0.05, 0) is 55.0 Å². The Hall–Kier alpha value is -2.80. The summed E-state index contributed by atoms with van der Waals surface area (Å²) in [7, 11) is 0. The van der Waals surface area contributed by atoms with Crippen molar-refractivity contribution in [3.63, 3.8) is 0 Å². The minimum atomic E-state index is -0.179. The smallest absolute Gasteiger partial charge is 0.227 e. The molecule has 0 bridgehead atoms. The molecule has 0 saturated heterocycles. The van der Waals surface area contributed by atoms with Crippen LogP contribution in [0.4, 0.5) is 5.69 Å². The SMILES string of the molecule is CSCC[C@@H](NC(=O)CC[C@@H]1Cc2ccccc2NC1=O)c1nc2ccccc2[nH]1. The zero-order valence-corrected chi connectivity index (χ0v) is 17.8. The molecule has 2 aromatic carbocycles. The molecule has 0 spiro atoms. The van der Waals surface area contributed by atoms with E-state index in [9.17, 15) is 9.59 Å². The van der Waals surface area contributed by atoms with Gasteiger partial charge in [0.05, 0.1) is 17.1 Å². The lowest BCUT2D eigenvalue weighted by Gasteiger charge is -2.24. The highest BCUT2D eigenvalue weighted by Crippen LogP contribution is 2.28. The second kappa shape index (κ2) is 9.34. The van der Waals surface area contributed by atoms with Gasteiger partial charge in [-0.2, -0.15) is 11.8 Å². The Labute approximate surface area is 180 Å². The number of para-hydroxylation sites is 3. The van der Waals surface area contributed by atoms with E-state index in [1.807, 2.05) is 48.5 Å². The van der Waals surface area contributed by atoms with Crippen LogP contribution in [0.15, 0.2) is 48.5 Å². The van der Waals surface area contributed by atoms with E-state index in [0.29, 0.717) is 19.3 Å². The van der Waals surface area contributed by atoms with Crippen molar-refractivity contribution in [3.05, 3.63) is 59.9 Å². The van der Waals surface area contributed by atoms with Crippen LogP contribution in [-0.2, 0) is 16.0 Å². The summed E-state index contributed by atoms with van der Waals surface area (Å²) in [5.41, 5.74) is 3.87. The standard InChI is InChI=1S/C23H26N4O2S/c1-30-13-12-20(22-25-18-8-4-5-9-19(18)26-22)24-21(28)11-10-16-14-15-6-2-3-7-17(15)27-23(16)29/h2-9,16,20H,10-14H2,1H3,(H,24,28)(H,25,26)(H,27,29)/t16-,20-/m1/s1. The van der Waals surface area contributed by atoms with Gasteiger partial charge < -0.3 is 15.6 Å². The second-order valence-electron chi connectivity index (χ2n) is 7.63. The fraction of sp³-hybridized carbons (Fsp3) is 0.348. The third kappa shape index (κ3) is 4.67. The predicted molar refractivity (Wildman–Crippen MR) is 121 cm³/mol. The second-order valence-corrected chi connectivity index (χ2v) is 8.61. The number of H-pyrrole nitrogens is 1. The molecule has 0 fully saturated rings. The minimum absolute atomic E-state index is 0.00211. The summed E-state index contributed by atoms with van der Waals surface area (Å²) in [5.74, 6) is 1.47. The Morgan fingerprint density at radius 1 is 1.23 bits per heavy atom. The number of anilines is 1. The van der Waals surface area contributed by atoms with Crippen LogP contribution >= 0.6 is 11.8 Å². The summed E-state index contributed by atoms with van der Waals surface area (Å²) < 4.78 is 0. The molecule has 2 atom stereocenters. The number of thioether (sulfide) groups is 1. The number of carbonyl (C=O) groups is 2. The van der Waals surface area contributed by atoms with Crippen LogP contribution in [-0.4, -0.2) is 33.8 Å². The highest BCUT2D eigenvalue weighted by atomic mass is 32.2. The molecule has 0 unspecified atom stereocenters. The number of benzene rings is 2. The van der Waals surface area contributed by atoms with Gasteiger partial charge in [-0.25, -0.2) is 4.98 Å². The first-order valence-corrected chi connectivity index (χ1v) is 11.6.